The monoisotopic (exact) mass is 225 g/mol. The molecule has 0 amide bonds. The van der Waals surface area contributed by atoms with Crippen LogP contribution in [0.25, 0.3) is 0 Å². The third-order valence-electron chi connectivity index (χ3n) is 4.25. The number of hydrogen-bond donors (Lipinski definition) is 1. The van der Waals surface area contributed by atoms with Crippen molar-refractivity contribution in [2.45, 2.75) is 77.6 Å². The summed E-state index contributed by atoms with van der Waals surface area (Å²) in [7, 11) is 0. The highest BCUT2D eigenvalue weighted by Gasteiger charge is 2.20. The molecule has 0 aliphatic heterocycles. The molecule has 0 aromatic carbocycles. The molecule has 1 saturated carbocycles. The fourth-order valence-electron chi connectivity index (χ4n) is 3.07. The Hall–Kier alpha value is -0.0400. The van der Waals surface area contributed by atoms with Crippen molar-refractivity contribution in [3.05, 3.63) is 0 Å². The van der Waals surface area contributed by atoms with Crippen LogP contribution in [0.3, 0.4) is 0 Å². The number of hydrogen-bond acceptors (Lipinski definition) is 1. The zero-order valence-corrected chi connectivity index (χ0v) is 11.2. The molecule has 0 aromatic rings. The molecule has 0 radical (unpaired) electrons. The van der Waals surface area contributed by atoms with Gasteiger partial charge in [-0.2, -0.15) is 0 Å². The summed E-state index contributed by atoms with van der Waals surface area (Å²) in [6, 6.07) is 0. The van der Waals surface area contributed by atoms with E-state index in [1.807, 2.05) is 0 Å². The van der Waals surface area contributed by atoms with Gasteiger partial charge >= 0.3 is 0 Å². The standard InChI is InChI=1S/C15H31N/c1-2-3-4-7-14-9-11-15(12-10-14)8-5-6-13-16/h14-15H,2-13,16H2,1H3. The minimum atomic E-state index is 0.881. The lowest BCUT2D eigenvalue weighted by Crippen LogP contribution is -2.15. The second kappa shape index (κ2) is 9.04. The lowest BCUT2D eigenvalue weighted by Gasteiger charge is -2.28. The maximum atomic E-state index is 5.53. The normalized spacial score (nSPS) is 25.9. The highest BCUT2D eigenvalue weighted by molar-refractivity contribution is 4.72. The van der Waals surface area contributed by atoms with Crippen LogP contribution in [0.2, 0.25) is 0 Å². The fourth-order valence-corrected chi connectivity index (χ4v) is 3.07. The summed E-state index contributed by atoms with van der Waals surface area (Å²) in [6.45, 7) is 3.18. The smallest absolute Gasteiger partial charge is 0.00773 e. The molecule has 1 rings (SSSR count). The zero-order valence-electron chi connectivity index (χ0n) is 11.2. The van der Waals surface area contributed by atoms with Crippen LogP contribution in [0, 0.1) is 11.8 Å². The van der Waals surface area contributed by atoms with Crippen molar-refractivity contribution in [2.24, 2.45) is 17.6 Å². The molecule has 16 heavy (non-hydrogen) atoms. The Bertz CT molecular complexity index is 130. The van der Waals surface area contributed by atoms with Crippen molar-refractivity contribution in [2.75, 3.05) is 6.54 Å². The number of rotatable bonds is 8. The highest BCUT2D eigenvalue weighted by atomic mass is 14.5. The molecule has 0 unspecified atom stereocenters. The van der Waals surface area contributed by atoms with Crippen LogP contribution in [-0.2, 0) is 0 Å². The minimum absolute atomic E-state index is 0.881. The van der Waals surface area contributed by atoms with Gasteiger partial charge in [0.25, 0.3) is 0 Å². The summed E-state index contributed by atoms with van der Waals surface area (Å²) in [5.41, 5.74) is 5.53. The largest absolute Gasteiger partial charge is 0.330 e. The SMILES string of the molecule is CCCCCC1CCC(CCCCN)CC1. The van der Waals surface area contributed by atoms with Crippen molar-refractivity contribution in [1.29, 1.82) is 0 Å². The van der Waals surface area contributed by atoms with Crippen molar-refractivity contribution < 1.29 is 0 Å². The second-order valence-corrected chi connectivity index (χ2v) is 5.67. The van der Waals surface area contributed by atoms with Gasteiger partial charge in [-0.3, -0.25) is 0 Å². The number of nitrogens with two attached hydrogens (primary N) is 1. The van der Waals surface area contributed by atoms with E-state index < -0.39 is 0 Å². The van der Waals surface area contributed by atoms with Gasteiger partial charge in [0.05, 0.1) is 0 Å². The van der Waals surface area contributed by atoms with Crippen molar-refractivity contribution in [3.63, 3.8) is 0 Å². The Morgan fingerprint density at radius 1 is 0.812 bits per heavy atom. The molecule has 0 saturated heterocycles. The quantitative estimate of drug-likeness (QED) is 0.605. The van der Waals surface area contributed by atoms with Crippen LogP contribution in [0.4, 0.5) is 0 Å². The van der Waals surface area contributed by atoms with Gasteiger partial charge < -0.3 is 5.73 Å². The van der Waals surface area contributed by atoms with Crippen LogP contribution in [0.1, 0.15) is 77.6 Å². The molecule has 0 atom stereocenters. The molecule has 1 heteroatoms. The zero-order chi connectivity index (χ0) is 11.6. The third-order valence-corrected chi connectivity index (χ3v) is 4.25. The average Bonchev–Trinajstić information content (AvgIpc) is 2.32. The molecule has 0 aromatic heterocycles. The molecule has 1 fully saturated rings. The predicted molar refractivity (Wildman–Crippen MR) is 72.5 cm³/mol. The Morgan fingerprint density at radius 3 is 1.75 bits per heavy atom. The van der Waals surface area contributed by atoms with Gasteiger partial charge in [-0.15, -0.1) is 0 Å². The van der Waals surface area contributed by atoms with E-state index in [2.05, 4.69) is 6.92 Å². The fraction of sp³-hybridized carbons (Fsp3) is 1.00. The van der Waals surface area contributed by atoms with Crippen LogP contribution in [0.15, 0.2) is 0 Å². The first-order valence-electron chi connectivity index (χ1n) is 7.56. The highest BCUT2D eigenvalue weighted by Crippen LogP contribution is 2.34. The predicted octanol–water partition coefficient (Wildman–Crippen LogP) is 4.50. The summed E-state index contributed by atoms with van der Waals surface area (Å²) < 4.78 is 0. The van der Waals surface area contributed by atoms with Gasteiger partial charge in [-0.05, 0) is 24.8 Å². The Morgan fingerprint density at radius 2 is 1.31 bits per heavy atom. The van der Waals surface area contributed by atoms with Crippen molar-refractivity contribution in [3.8, 4) is 0 Å². The summed E-state index contributed by atoms with van der Waals surface area (Å²) >= 11 is 0. The van der Waals surface area contributed by atoms with Gasteiger partial charge in [-0.25, -0.2) is 0 Å². The summed E-state index contributed by atoms with van der Waals surface area (Å²) in [6.07, 6.45) is 15.8. The summed E-state index contributed by atoms with van der Waals surface area (Å²) in [5.74, 6) is 2.10. The minimum Gasteiger partial charge on any atom is -0.330 e. The van der Waals surface area contributed by atoms with Crippen LogP contribution in [-0.4, -0.2) is 6.54 Å². The van der Waals surface area contributed by atoms with E-state index >= 15 is 0 Å². The average molecular weight is 225 g/mol. The van der Waals surface area contributed by atoms with Gasteiger partial charge in [0, 0.05) is 0 Å². The number of unbranched alkanes of at least 4 members (excludes halogenated alkanes) is 3. The first-order chi connectivity index (χ1) is 7.86. The maximum Gasteiger partial charge on any atom is -0.00773 e. The van der Waals surface area contributed by atoms with E-state index in [0.717, 1.165) is 18.4 Å². The molecule has 2 N–H and O–H groups in total. The lowest BCUT2D eigenvalue weighted by atomic mass is 9.78. The van der Waals surface area contributed by atoms with Gasteiger partial charge in [0.2, 0.25) is 0 Å². The lowest BCUT2D eigenvalue weighted by molar-refractivity contribution is 0.245. The first-order valence-corrected chi connectivity index (χ1v) is 7.56. The van der Waals surface area contributed by atoms with Crippen molar-refractivity contribution >= 4 is 0 Å². The molecule has 1 nitrogen and oxygen atoms in total. The maximum absolute atomic E-state index is 5.53. The molecule has 0 heterocycles. The van der Waals surface area contributed by atoms with E-state index in [1.165, 1.54) is 70.6 Å². The Kier molecular flexibility index (Phi) is 7.92. The topological polar surface area (TPSA) is 26.0 Å². The molecule has 0 spiro atoms. The molecule has 96 valence electrons. The third kappa shape index (κ3) is 5.89. The Balaban J connectivity index is 2.00. The Labute approximate surface area is 102 Å². The molecule has 0 bridgehead atoms. The van der Waals surface area contributed by atoms with Gasteiger partial charge in [0.1, 0.15) is 0 Å². The van der Waals surface area contributed by atoms with E-state index in [1.54, 1.807) is 0 Å². The van der Waals surface area contributed by atoms with E-state index in [4.69, 9.17) is 5.73 Å². The summed E-state index contributed by atoms with van der Waals surface area (Å²) in [4.78, 5) is 0. The first kappa shape index (κ1) is 14.0. The van der Waals surface area contributed by atoms with Crippen LogP contribution in [0.5, 0.6) is 0 Å². The molecule has 1 aliphatic rings. The van der Waals surface area contributed by atoms with Crippen molar-refractivity contribution in [1.82, 2.24) is 0 Å². The van der Waals surface area contributed by atoms with E-state index in [9.17, 15) is 0 Å². The van der Waals surface area contributed by atoms with Crippen LogP contribution < -0.4 is 5.73 Å². The molecular weight excluding hydrogens is 194 g/mol. The summed E-state index contributed by atoms with van der Waals surface area (Å²) in [5, 5.41) is 0. The van der Waals surface area contributed by atoms with Gasteiger partial charge in [-0.1, -0.05) is 71.1 Å². The molecule has 1 aliphatic carbocycles. The van der Waals surface area contributed by atoms with E-state index in [0.29, 0.717) is 0 Å². The van der Waals surface area contributed by atoms with Gasteiger partial charge in [0.15, 0.2) is 0 Å². The molecular formula is C15H31N. The van der Waals surface area contributed by atoms with Crippen LogP contribution >= 0.6 is 0 Å². The van der Waals surface area contributed by atoms with E-state index in [-0.39, 0.29) is 0 Å². The second-order valence-electron chi connectivity index (χ2n) is 5.67.